The second kappa shape index (κ2) is 22.0. The highest BCUT2D eigenvalue weighted by Crippen LogP contribution is 2.66. The lowest BCUT2D eigenvalue weighted by Gasteiger charge is -2.57. The zero-order valence-electron chi connectivity index (χ0n) is 40.5. The summed E-state index contributed by atoms with van der Waals surface area (Å²) < 4.78 is 81.5. The lowest BCUT2D eigenvalue weighted by atomic mass is 9.46. The van der Waals surface area contributed by atoms with E-state index in [0.717, 1.165) is 48.5 Å². The molecule has 3 saturated heterocycles. The molecule has 4 fully saturated rings. The van der Waals surface area contributed by atoms with E-state index in [4.69, 9.17) is 66.0 Å². The normalized spacial score (nSPS) is 34.7. The Hall–Kier alpha value is -5.91. The number of hydrogen-bond donors (Lipinski definition) is 0. The maximum absolute atomic E-state index is 13.8. The van der Waals surface area contributed by atoms with Crippen LogP contribution in [0.4, 0.5) is 0 Å². The fourth-order valence-electron chi connectivity index (χ4n) is 10.8. The van der Waals surface area contributed by atoms with Crippen LogP contribution < -0.4 is 0 Å². The number of carbonyl (C=O) groups is 9. The molecule has 70 heavy (non-hydrogen) atoms. The first-order valence-electron chi connectivity index (χ1n) is 22.7. The summed E-state index contributed by atoms with van der Waals surface area (Å²) in [7, 11) is 1.27. The fraction of sp³-hybridized carbons (Fsp3) is 0.681. The Labute approximate surface area is 402 Å². The molecule has 1 aromatic rings. The van der Waals surface area contributed by atoms with Crippen molar-refractivity contribution in [2.75, 3.05) is 20.3 Å². The van der Waals surface area contributed by atoms with Gasteiger partial charge in [-0.2, -0.15) is 0 Å². The lowest BCUT2D eigenvalue weighted by Crippen LogP contribution is -2.65. The molecule has 386 valence electrons. The van der Waals surface area contributed by atoms with Gasteiger partial charge >= 0.3 is 53.7 Å². The molecule has 2 aliphatic carbocycles. The van der Waals surface area contributed by atoms with Crippen LogP contribution in [0.25, 0.3) is 0 Å². The van der Waals surface area contributed by atoms with Crippen molar-refractivity contribution < 1.29 is 109 Å². The molecule has 6 rings (SSSR count). The summed E-state index contributed by atoms with van der Waals surface area (Å²) in [5.41, 5.74) is -0.849. The molecule has 0 spiro atoms. The van der Waals surface area contributed by atoms with E-state index in [1.165, 1.54) is 19.6 Å². The van der Waals surface area contributed by atoms with E-state index in [0.29, 0.717) is 24.0 Å². The average molecular weight is 993 g/mol. The zero-order valence-corrected chi connectivity index (χ0v) is 40.5. The van der Waals surface area contributed by atoms with Gasteiger partial charge in [0.05, 0.1) is 38.3 Å². The minimum absolute atomic E-state index is 0.0326. The predicted molar refractivity (Wildman–Crippen MR) is 227 cm³/mol. The number of esters is 9. The summed E-state index contributed by atoms with van der Waals surface area (Å²) in [4.78, 5) is 115. The molecule has 0 amide bonds. The van der Waals surface area contributed by atoms with Gasteiger partial charge in [-0.25, -0.2) is 4.79 Å². The summed E-state index contributed by atoms with van der Waals surface area (Å²) in [5.74, 6) is -8.30. The van der Waals surface area contributed by atoms with Crippen LogP contribution in [0, 0.1) is 22.7 Å². The number of carbonyl (C=O) groups excluding carboxylic acids is 9. The predicted octanol–water partition coefficient (Wildman–Crippen LogP) is 2.81. The zero-order chi connectivity index (χ0) is 51.4. The van der Waals surface area contributed by atoms with Gasteiger partial charge in [0.15, 0.2) is 49.2 Å². The molecule has 23 heteroatoms. The minimum atomic E-state index is -1.74. The number of allylic oxidation sites excluding steroid dienone is 1. The summed E-state index contributed by atoms with van der Waals surface area (Å²) in [6.07, 6.45) is -12.0. The highest BCUT2D eigenvalue weighted by molar-refractivity contribution is 5.93. The molecule has 23 nitrogen and oxygen atoms in total. The second-order valence-electron chi connectivity index (χ2n) is 18.3. The van der Waals surface area contributed by atoms with Crippen molar-refractivity contribution in [2.45, 2.75) is 162 Å². The van der Waals surface area contributed by atoms with E-state index < -0.39 is 157 Å². The molecule has 3 aliphatic heterocycles. The molecule has 0 N–H and O–H groups in total. The molecule has 0 radical (unpaired) electrons. The van der Waals surface area contributed by atoms with Crippen LogP contribution in [-0.2, 0) is 105 Å². The Bertz CT molecular complexity index is 2180. The Morgan fingerprint density at radius 2 is 1.20 bits per heavy atom. The van der Waals surface area contributed by atoms with Gasteiger partial charge < -0.3 is 66.0 Å². The molecule has 16 atom stereocenters. The lowest BCUT2D eigenvalue weighted by molar-refractivity contribution is -0.341. The van der Waals surface area contributed by atoms with Crippen LogP contribution in [0.1, 0.15) is 99.7 Å². The van der Waals surface area contributed by atoms with Crippen LogP contribution in [0.15, 0.2) is 34.7 Å². The quantitative estimate of drug-likeness (QED) is 0.160. The van der Waals surface area contributed by atoms with E-state index in [1.807, 2.05) is 19.9 Å². The Balaban J connectivity index is 1.41. The number of hydrogen-bond acceptors (Lipinski definition) is 23. The number of rotatable bonds is 17. The van der Waals surface area contributed by atoms with Gasteiger partial charge in [-0.15, -0.1) is 0 Å². The van der Waals surface area contributed by atoms with Crippen LogP contribution >= 0.6 is 0 Å². The number of methoxy groups -OCH3 is 1. The van der Waals surface area contributed by atoms with Crippen molar-refractivity contribution in [2.24, 2.45) is 22.7 Å². The van der Waals surface area contributed by atoms with Crippen molar-refractivity contribution in [3.8, 4) is 0 Å². The van der Waals surface area contributed by atoms with Gasteiger partial charge in [0.2, 0.25) is 0 Å². The molecule has 0 aromatic carbocycles. The maximum Gasteiger partial charge on any atom is 0.334 e. The second-order valence-corrected chi connectivity index (χ2v) is 18.3. The van der Waals surface area contributed by atoms with Crippen LogP contribution in [0.5, 0.6) is 0 Å². The van der Waals surface area contributed by atoms with Crippen molar-refractivity contribution in [1.29, 1.82) is 0 Å². The largest absolute Gasteiger partial charge is 0.472 e. The van der Waals surface area contributed by atoms with Crippen molar-refractivity contribution in [1.82, 2.24) is 0 Å². The Morgan fingerprint density at radius 3 is 1.71 bits per heavy atom. The molecular formula is C47H60O23. The van der Waals surface area contributed by atoms with Gasteiger partial charge in [-0.05, 0) is 43.1 Å². The summed E-state index contributed by atoms with van der Waals surface area (Å²) in [6.45, 7) is 10.0. The standard InChI is InChI=1S/C47H60O23/c1-21(48)59-19-32-36(61-22(2)49)38(63-24(4)51)40(65-26(6)53)44(68-32)60-20-33-37(62-23(3)50)39(64-25(5)52)41(66-27(7)54)45(69-33)67-31(28-14-15-58-18-28)17-46(8)30(42(55)57-10)16-35-47(9)29(43(56)70-35)12-11-13-34(46)47/h12,14-15,18,30-41,44-45H,11,13,16-17,19-20H2,1-10H3/t30-,31+,32+,33+,34-,35+,36+,37+,38-,39-,40+,41+,44+,45+,46+,47-/m0/s1. The van der Waals surface area contributed by atoms with Gasteiger partial charge in [0.1, 0.15) is 24.9 Å². The topological polar surface area (TPSA) is 287 Å². The first-order valence-corrected chi connectivity index (χ1v) is 22.7. The van der Waals surface area contributed by atoms with Crippen LogP contribution in [0.2, 0.25) is 0 Å². The summed E-state index contributed by atoms with van der Waals surface area (Å²) >= 11 is 0. The number of ether oxygens (including phenoxy) is 13. The van der Waals surface area contributed by atoms with Crippen LogP contribution in [0.3, 0.4) is 0 Å². The van der Waals surface area contributed by atoms with E-state index in [-0.39, 0.29) is 18.8 Å². The monoisotopic (exact) mass is 992 g/mol. The third-order valence-electron chi connectivity index (χ3n) is 13.5. The molecule has 0 bridgehead atoms. The van der Waals surface area contributed by atoms with Crippen molar-refractivity contribution in [3.05, 3.63) is 35.8 Å². The van der Waals surface area contributed by atoms with Crippen molar-refractivity contribution in [3.63, 3.8) is 0 Å². The van der Waals surface area contributed by atoms with Gasteiger partial charge in [0.25, 0.3) is 0 Å². The summed E-state index contributed by atoms with van der Waals surface area (Å²) in [6, 6.07) is 1.61. The molecular weight excluding hydrogens is 932 g/mol. The van der Waals surface area contributed by atoms with E-state index in [1.54, 1.807) is 6.07 Å². The fourth-order valence-corrected chi connectivity index (χ4v) is 10.8. The Morgan fingerprint density at radius 1 is 0.686 bits per heavy atom. The molecule has 1 aromatic heterocycles. The molecule has 4 heterocycles. The Kier molecular flexibility index (Phi) is 16.8. The highest BCUT2D eigenvalue weighted by Gasteiger charge is 2.67. The van der Waals surface area contributed by atoms with Crippen molar-refractivity contribution >= 4 is 53.7 Å². The summed E-state index contributed by atoms with van der Waals surface area (Å²) in [5, 5.41) is 0. The SMILES string of the molecule is COC(=O)[C@@H]1C[C@H]2OC(=O)C3=CCC[C@@H]([C@]1(C)C[C@@H](O[C@@H]1O[C@H](CO[C@@H]4O[C@H](COC(C)=O)[C@@H](OC(C)=O)[C@H](OC(C)=O)[C@H]4OC(C)=O)[C@@H](OC(C)=O)[C@H](OC(C)=O)[C@H]1OC(C)=O)c1ccoc1)[C@]32C. The number of furan rings is 1. The molecule has 1 saturated carbocycles. The minimum Gasteiger partial charge on any atom is -0.472 e. The van der Waals surface area contributed by atoms with Gasteiger partial charge in [-0.3, -0.25) is 38.4 Å². The van der Waals surface area contributed by atoms with E-state index in [2.05, 4.69) is 0 Å². The smallest absolute Gasteiger partial charge is 0.334 e. The van der Waals surface area contributed by atoms with Crippen LogP contribution in [-0.4, -0.2) is 142 Å². The molecule has 5 aliphatic rings. The maximum atomic E-state index is 13.8. The molecule has 0 unspecified atom stereocenters. The third kappa shape index (κ3) is 11.5. The van der Waals surface area contributed by atoms with Gasteiger partial charge in [0, 0.05) is 65.0 Å². The average Bonchev–Trinajstić information content (AvgIpc) is 3.89. The van der Waals surface area contributed by atoms with Gasteiger partial charge in [-0.1, -0.05) is 19.9 Å². The van der Waals surface area contributed by atoms with E-state index in [9.17, 15) is 43.2 Å². The first kappa shape index (κ1) is 53.4. The third-order valence-corrected chi connectivity index (χ3v) is 13.5. The highest BCUT2D eigenvalue weighted by atomic mass is 16.8. The van der Waals surface area contributed by atoms with E-state index >= 15 is 0 Å². The first-order chi connectivity index (χ1) is 33.0.